The highest BCUT2D eigenvalue weighted by molar-refractivity contribution is 6.30. The van der Waals surface area contributed by atoms with Crippen molar-refractivity contribution < 1.29 is 15.1 Å². The first-order valence-electron chi connectivity index (χ1n) is 11.6. The summed E-state index contributed by atoms with van der Waals surface area (Å²) in [5.41, 5.74) is 10.5. The van der Waals surface area contributed by atoms with Gasteiger partial charge in [0.25, 0.3) is 0 Å². The molecule has 0 bridgehead atoms. The number of hydrogen-bond acceptors (Lipinski definition) is 3. The first kappa shape index (κ1) is 21.6. The van der Waals surface area contributed by atoms with Crippen molar-refractivity contribution in [3.05, 3.63) is 154 Å². The third kappa shape index (κ3) is 3.51. The maximum atomic E-state index is 7.17. The van der Waals surface area contributed by atoms with E-state index in [1.165, 1.54) is 55.0 Å². The van der Waals surface area contributed by atoms with Gasteiger partial charge in [0.2, 0.25) is 0 Å². The number of rotatable bonds is 1. The molecule has 0 amide bonds. The largest absolute Gasteiger partial charge is 0.631 e. The molecule has 3 nitrogen and oxygen atoms in total. The van der Waals surface area contributed by atoms with Gasteiger partial charge >= 0.3 is 7.32 Å². The molecule has 168 valence electrons. The van der Waals surface area contributed by atoms with E-state index in [4.69, 9.17) is 15.1 Å². The second-order valence-corrected chi connectivity index (χ2v) is 8.96. The summed E-state index contributed by atoms with van der Waals surface area (Å²) >= 11 is 0. The third-order valence-electron chi connectivity index (χ3n) is 6.93. The minimum atomic E-state index is -2.17. The molecule has 0 saturated heterocycles. The third-order valence-corrected chi connectivity index (χ3v) is 6.93. The highest BCUT2D eigenvalue weighted by Crippen LogP contribution is 2.56. The topological polar surface area (TPSA) is 60.7 Å². The van der Waals surface area contributed by atoms with Gasteiger partial charge in [0, 0.05) is 0 Å². The molecule has 4 heteroatoms. The molecule has 1 spiro atoms. The van der Waals surface area contributed by atoms with Crippen molar-refractivity contribution in [2.75, 3.05) is 0 Å². The Bertz CT molecular complexity index is 1620. The van der Waals surface area contributed by atoms with Gasteiger partial charge in [-0.2, -0.15) is 0 Å². The van der Waals surface area contributed by atoms with E-state index in [2.05, 4.69) is 121 Å². The van der Waals surface area contributed by atoms with Crippen molar-refractivity contribution in [1.82, 2.24) is 0 Å². The van der Waals surface area contributed by atoms with Gasteiger partial charge in [0.05, 0.1) is 5.41 Å². The van der Waals surface area contributed by atoms with E-state index >= 15 is 0 Å². The Morgan fingerprint density at radius 3 is 2.20 bits per heavy atom. The van der Waals surface area contributed by atoms with E-state index in [0.29, 0.717) is 0 Å². The molecule has 0 aromatic heterocycles. The lowest BCUT2D eigenvalue weighted by Gasteiger charge is -2.34. The standard InChI is InChI=1S/C31H20.BH3O3/c1-2-9-21(10-3-1)29-27-14-7-6-13-26(27)28-15-8-17-31(30(28)29)18-16-25-23(20-31)19-22-11-4-5-12-24(22)25;2-1(3)4/h1-20H;2-4H/t31-;/m0./s1. The van der Waals surface area contributed by atoms with Crippen LogP contribution in [0, 0.1) is 5.41 Å². The summed E-state index contributed by atoms with van der Waals surface area (Å²) in [5.74, 6) is 0. The van der Waals surface area contributed by atoms with Gasteiger partial charge in [-0.15, -0.1) is 0 Å². The Hall–Kier alpha value is -3.96. The Balaban J connectivity index is 0.000000534. The first-order chi connectivity index (χ1) is 17.1. The van der Waals surface area contributed by atoms with E-state index in [-0.39, 0.29) is 5.41 Å². The van der Waals surface area contributed by atoms with Crippen LogP contribution in [0.4, 0.5) is 0 Å². The van der Waals surface area contributed by atoms with Crippen LogP contribution >= 0.6 is 0 Å². The molecule has 4 aliphatic carbocycles. The highest BCUT2D eigenvalue weighted by Gasteiger charge is 2.41. The van der Waals surface area contributed by atoms with E-state index in [9.17, 15) is 0 Å². The van der Waals surface area contributed by atoms with Crippen LogP contribution in [0.5, 0.6) is 0 Å². The van der Waals surface area contributed by atoms with Crippen molar-refractivity contribution >= 4 is 30.1 Å². The van der Waals surface area contributed by atoms with Crippen LogP contribution in [-0.2, 0) is 0 Å². The summed E-state index contributed by atoms with van der Waals surface area (Å²) in [6.45, 7) is 0. The summed E-state index contributed by atoms with van der Waals surface area (Å²) in [5, 5.41) is 24.1. The van der Waals surface area contributed by atoms with Crippen LogP contribution in [-0.4, -0.2) is 22.4 Å². The van der Waals surface area contributed by atoms with Gasteiger partial charge in [0.1, 0.15) is 0 Å². The lowest BCUT2D eigenvalue weighted by atomic mass is 9.69. The fourth-order valence-electron chi connectivity index (χ4n) is 5.61. The molecule has 3 N–H and O–H groups in total. The molecular formula is C31H23BO3. The predicted molar refractivity (Wildman–Crippen MR) is 142 cm³/mol. The molecule has 4 aliphatic rings. The number of hydrogen-bond donors (Lipinski definition) is 3. The molecule has 0 radical (unpaired) electrons. The van der Waals surface area contributed by atoms with Gasteiger partial charge in [-0.25, -0.2) is 0 Å². The molecule has 35 heavy (non-hydrogen) atoms. The number of benzene rings is 3. The summed E-state index contributed by atoms with van der Waals surface area (Å²) in [6.07, 6.45) is 16.4. The average Bonchev–Trinajstić information content (AvgIpc) is 3.40. The molecule has 0 saturated carbocycles. The van der Waals surface area contributed by atoms with E-state index in [1.807, 2.05) is 0 Å². The molecule has 0 aliphatic heterocycles. The second-order valence-electron chi connectivity index (χ2n) is 8.96. The van der Waals surface area contributed by atoms with Crippen LogP contribution in [0.15, 0.2) is 126 Å². The van der Waals surface area contributed by atoms with E-state index in [1.54, 1.807) is 0 Å². The maximum absolute atomic E-state index is 7.17. The first-order valence-corrected chi connectivity index (χ1v) is 11.6. The Labute approximate surface area is 204 Å². The molecule has 0 heterocycles. The molecule has 0 fully saturated rings. The number of fused-ring (bicyclic) bond motifs is 6. The highest BCUT2D eigenvalue weighted by atomic mass is 16.5. The van der Waals surface area contributed by atoms with Crippen molar-refractivity contribution in [3.8, 4) is 0 Å². The Kier molecular flexibility index (Phi) is 5.16. The lowest BCUT2D eigenvalue weighted by molar-refractivity contribution is 0.278. The fraction of sp³-hybridized carbons (Fsp3) is 0.0323. The minimum Gasteiger partial charge on any atom is -0.402 e. The monoisotopic (exact) mass is 454 g/mol. The smallest absolute Gasteiger partial charge is 0.402 e. The zero-order valence-electron chi connectivity index (χ0n) is 19.0. The normalized spacial score (nSPS) is 20.1. The Morgan fingerprint density at radius 2 is 1.40 bits per heavy atom. The van der Waals surface area contributed by atoms with Crippen LogP contribution in [0.25, 0.3) is 22.8 Å². The molecule has 7 rings (SSSR count). The van der Waals surface area contributed by atoms with Crippen LogP contribution in [0.3, 0.4) is 0 Å². The van der Waals surface area contributed by atoms with Gasteiger partial charge in [0.15, 0.2) is 0 Å². The lowest BCUT2D eigenvalue weighted by Crippen LogP contribution is -2.23. The molecule has 1 atom stereocenters. The van der Waals surface area contributed by atoms with Gasteiger partial charge in [-0.05, 0) is 61.1 Å². The van der Waals surface area contributed by atoms with Crippen molar-refractivity contribution in [2.45, 2.75) is 0 Å². The van der Waals surface area contributed by atoms with E-state index in [0.717, 1.165) is 0 Å². The van der Waals surface area contributed by atoms with Gasteiger partial charge in [-0.3, -0.25) is 0 Å². The SMILES string of the molecule is C1=C[C@@]2(C=CC3=c4ccccc4=CC3=C2)C2=C(c3ccccc3)c3ccccc3C2=C1.OB(O)O. The van der Waals surface area contributed by atoms with E-state index < -0.39 is 7.32 Å². The zero-order valence-corrected chi connectivity index (χ0v) is 19.0. The van der Waals surface area contributed by atoms with Crippen LogP contribution < -0.4 is 10.4 Å². The number of allylic oxidation sites excluding steroid dienone is 9. The quantitative estimate of drug-likeness (QED) is 0.494. The van der Waals surface area contributed by atoms with Crippen molar-refractivity contribution in [3.63, 3.8) is 0 Å². The molecule has 3 aromatic rings. The van der Waals surface area contributed by atoms with Crippen molar-refractivity contribution in [1.29, 1.82) is 0 Å². The van der Waals surface area contributed by atoms with Crippen LogP contribution in [0.2, 0.25) is 0 Å². The fourth-order valence-corrected chi connectivity index (χ4v) is 5.61. The van der Waals surface area contributed by atoms with Gasteiger partial charge < -0.3 is 15.1 Å². The van der Waals surface area contributed by atoms with Crippen LogP contribution in [0.1, 0.15) is 16.7 Å². The molecule has 0 unspecified atom stereocenters. The predicted octanol–water partition coefficient (Wildman–Crippen LogP) is 3.53. The summed E-state index contributed by atoms with van der Waals surface area (Å²) < 4.78 is 0. The second kappa shape index (κ2) is 8.37. The summed E-state index contributed by atoms with van der Waals surface area (Å²) in [7, 11) is -2.17. The van der Waals surface area contributed by atoms with Gasteiger partial charge in [-0.1, -0.05) is 115 Å². The minimum absolute atomic E-state index is 0.244. The summed E-state index contributed by atoms with van der Waals surface area (Å²) in [6, 6.07) is 28.4. The maximum Gasteiger partial charge on any atom is 0.631 e. The van der Waals surface area contributed by atoms with Crippen molar-refractivity contribution in [2.24, 2.45) is 5.41 Å². The Morgan fingerprint density at radius 1 is 0.714 bits per heavy atom. The molecule has 3 aromatic carbocycles. The average molecular weight is 454 g/mol. The molecular weight excluding hydrogens is 431 g/mol. The summed E-state index contributed by atoms with van der Waals surface area (Å²) in [4.78, 5) is 0. The zero-order chi connectivity index (χ0) is 24.0.